The molecule has 2 unspecified atom stereocenters. The van der Waals surface area contributed by atoms with Crippen LogP contribution in [0.2, 0.25) is 0 Å². The molecule has 3 fully saturated rings. The molecule has 0 aromatic rings. The van der Waals surface area contributed by atoms with Gasteiger partial charge < -0.3 is 10.0 Å². The van der Waals surface area contributed by atoms with E-state index in [0.717, 1.165) is 32.5 Å². The summed E-state index contributed by atoms with van der Waals surface area (Å²) in [6.45, 7) is 4.56. The van der Waals surface area contributed by atoms with Crippen LogP contribution in [-0.2, 0) is 4.79 Å². The highest BCUT2D eigenvalue weighted by atomic mass is 16.4. The minimum atomic E-state index is -0.617. The molecule has 102 valence electrons. The molecule has 1 N–H and O–H groups in total. The van der Waals surface area contributed by atoms with Gasteiger partial charge in [-0.15, -0.1) is 0 Å². The first-order valence-electron chi connectivity index (χ1n) is 7.41. The Kier molecular flexibility index (Phi) is 3.32. The lowest BCUT2D eigenvalue weighted by atomic mass is 9.79. The summed E-state index contributed by atoms with van der Waals surface area (Å²) in [6.07, 6.45) is 7.54. The largest absolute Gasteiger partial charge is 0.481 e. The molecule has 0 bridgehead atoms. The Morgan fingerprint density at radius 3 is 2.67 bits per heavy atom. The van der Waals surface area contributed by atoms with Crippen molar-refractivity contribution in [2.45, 2.75) is 56.5 Å². The number of aliphatic carboxylic acids is 1. The highest BCUT2D eigenvalue weighted by Crippen LogP contribution is 2.40. The average molecular weight is 252 g/mol. The third kappa shape index (κ3) is 2.16. The van der Waals surface area contributed by atoms with Gasteiger partial charge in [0.1, 0.15) is 0 Å². The molecule has 0 spiro atoms. The van der Waals surface area contributed by atoms with Crippen LogP contribution in [-0.4, -0.2) is 58.6 Å². The summed E-state index contributed by atoms with van der Waals surface area (Å²) in [6, 6.07) is 0.652. The zero-order valence-corrected chi connectivity index (χ0v) is 11.1. The van der Waals surface area contributed by atoms with Gasteiger partial charge in [-0.2, -0.15) is 0 Å². The van der Waals surface area contributed by atoms with Crippen molar-refractivity contribution in [1.29, 1.82) is 0 Å². The van der Waals surface area contributed by atoms with Crippen molar-refractivity contribution < 1.29 is 9.90 Å². The Morgan fingerprint density at radius 1 is 1.17 bits per heavy atom. The van der Waals surface area contributed by atoms with E-state index in [9.17, 15) is 9.90 Å². The van der Waals surface area contributed by atoms with Crippen molar-refractivity contribution in [3.05, 3.63) is 0 Å². The molecule has 4 heteroatoms. The van der Waals surface area contributed by atoms with Crippen molar-refractivity contribution in [1.82, 2.24) is 9.80 Å². The lowest BCUT2D eigenvalue weighted by Gasteiger charge is -2.48. The van der Waals surface area contributed by atoms with E-state index in [2.05, 4.69) is 9.80 Å². The molecule has 0 radical (unpaired) electrons. The third-order valence-corrected chi connectivity index (χ3v) is 5.24. The van der Waals surface area contributed by atoms with Crippen LogP contribution < -0.4 is 0 Å². The number of carbonyl (C=O) groups is 1. The van der Waals surface area contributed by atoms with Gasteiger partial charge in [0, 0.05) is 18.1 Å². The fourth-order valence-corrected chi connectivity index (χ4v) is 4.35. The van der Waals surface area contributed by atoms with Gasteiger partial charge in [0.15, 0.2) is 0 Å². The topological polar surface area (TPSA) is 43.8 Å². The summed E-state index contributed by atoms with van der Waals surface area (Å²) in [5, 5.41) is 9.29. The first-order valence-corrected chi connectivity index (χ1v) is 7.41. The quantitative estimate of drug-likeness (QED) is 0.828. The summed E-state index contributed by atoms with van der Waals surface area (Å²) < 4.78 is 0. The van der Waals surface area contributed by atoms with Crippen molar-refractivity contribution in [3.63, 3.8) is 0 Å². The number of hydrogen-bond acceptors (Lipinski definition) is 3. The predicted molar refractivity (Wildman–Crippen MR) is 69.6 cm³/mol. The van der Waals surface area contributed by atoms with Gasteiger partial charge in [-0.3, -0.25) is 9.69 Å². The van der Waals surface area contributed by atoms with E-state index in [1.54, 1.807) is 0 Å². The van der Waals surface area contributed by atoms with Gasteiger partial charge in [-0.05, 0) is 58.2 Å². The molecule has 3 rings (SSSR count). The lowest BCUT2D eigenvalue weighted by Crippen LogP contribution is -2.57. The summed E-state index contributed by atoms with van der Waals surface area (Å²) in [5.74, 6) is -0.617. The zero-order valence-electron chi connectivity index (χ0n) is 11.1. The Labute approximate surface area is 109 Å². The van der Waals surface area contributed by atoms with E-state index in [0.29, 0.717) is 12.5 Å². The van der Waals surface area contributed by atoms with Crippen LogP contribution in [0, 0.1) is 0 Å². The zero-order chi connectivity index (χ0) is 12.6. The standard InChI is InChI=1S/C14H24N2O2/c17-13(18)11-14(16-7-1-2-8-16)5-9-15-6-3-4-12(15)10-14/h12H,1-11H2,(H,17,18). The smallest absolute Gasteiger partial charge is 0.305 e. The minimum absolute atomic E-state index is 0.0339. The van der Waals surface area contributed by atoms with E-state index in [1.807, 2.05) is 0 Å². The maximum atomic E-state index is 11.3. The molecule has 0 aromatic heterocycles. The number of fused-ring (bicyclic) bond motifs is 1. The fraction of sp³-hybridized carbons (Fsp3) is 0.929. The van der Waals surface area contributed by atoms with Crippen molar-refractivity contribution in [2.75, 3.05) is 26.2 Å². The molecule has 3 aliphatic heterocycles. The van der Waals surface area contributed by atoms with Gasteiger partial charge in [0.2, 0.25) is 0 Å². The molecule has 3 aliphatic rings. The molecular weight excluding hydrogens is 228 g/mol. The van der Waals surface area contributed by atoms with Gasteiger partial charge in [0.25, 0.3) is 0 Å². The van der Waals surface area contributed by atoms with Crippen molar-refractivity contribution in [2.24, 2.45) is 0 Å². The Hall–Kier alpha value is -0.610. The monoisotopic (exact) mass is 252 g/mol. The molecule has 3 heterocycles. The molecule has 0 aliphatic carbocycles. The predicted octanol–water partition coefficient (Wildman–Crippen LogP) is 1.55. The van der Waals surface area contributed by atoms with Gasteiger partial charge in [-0.1, -0.05) is 0 Å². The highest BCUT2D eigenvalue weighted by molar-refractivity contribution is 5.68. The highest BCUT2D eigenvalue weighted by Gasteiger charge is 2.46. The number of carboxylic acid groups (broad SMARTS) is 1. The van der Waals surface area contributed by atoms with Gasteiger partial charge in [0.05, 0.1) is 6.42 Å². The molecule has 0 saturated carbocycles. The van der Waals surface area contributed by atoms with Crippen LogP contribution in [0.25, 0.3) is 0 Å². The van der Waals surface area contributed by atoms with Crippen LogP contribution >= 0.6 is 0 Å². The Balaban J connectivity index is 1.78. The number of rotatable bonds is 3. The molecular formula is C14H24N2O2. The lowest BCUT2D eigenvalue weighted by molar-refractivity contribution is -0.141. The van der Waals surface area contributed by atoms with Crippen LogP contribution in [0.15, 0.2) is 0 Å². The Morgan fingerprint density at radius 2 is 1.94 bits per heavy atom. The molecule has 0 amide bonds. The number of nitrogens with zero attached hydrogens (tertiary/aromatic N) is 2. The summed E-state index contributed by atoms with van der Waals surface area (Å²) in [4.78, 5) is 16.4. The number of piperidine rings is 1. The number of likely N-dealkylation sites (tertiary alicyclic amines) is 1. The Bertz CT molecular complexity index is 328. The molecule has 2 atom stereocenters. The SMILES string of the molecule is O=C(O)CC1(N2CCCC2)CCN2CCCC2C1. The maximum Gasteiger partial charge on any atom is 0.305 e. The molecule has 3 saturated heterocycles. The third-order valence-electron chi connectivity index (χ3n) is 5.24. The van der Waals surface area contributed by atoms with Crippen LogP contribution in [0.1, 0.15) is 44.9 Å². The van der Waals surface area contributed by atoms with Crippen LogP contribution in [0.3, 0.4) is 0 Å². The van der Waals surface area contributed by atoms with Crippen LogP contribution in [0.4, 0.5) is 0 Å². The first kappa shape index (κ1) is 12.4. The van der Waals surface area contributed by atoms with E-state index < -0.39 is 5.97 Å². The number of hydrogen-bond donors (Lipinski definition) is 1. The molecule has 4 nitrogen and oxygen atoms in total. The number of carboxylic acids is 1. The second-order valence-electron chi connectivity index (χ2n) is 6.28. The molecule has 18 heavy (non-hydrogen) atoms. The normalized spacial score (nSPS) is 37.9. The van der Waals surface area contributed by atoms with Crippen molar-refractivity contribution >= 4 is 5.97 Å². The maximum absolute atomic E-state index is 11.3. The van der Waals surface area contributed by atoms with Crippen LogP contribution in [0.5, 0.6) is 0 Å². The average Bonchev–Trinajstić information content (AvgIpc) is 2.98. The summed E-state index contributed by atoms with van der Waals surface area (Å²) >= 11 is 0. The van der Waals surface area contributed by atoms with E-state index in [1.165, 1.54) is 32.2 Å². The van der Waals surface area contributed by atoms with E-state index in [4.69, 9.17) is 0 Å². The first-order chi connectivity index (χ1) is 8.70. The van der Waals surface area contributed by atoms with E-state index >= 15 is 0 Å². The van der Waals surface area contributed by atoms with Gasteiger partial charge in [-0.25, -0.2) is 0 Å². The minimum Gasteiger partial charge on any atom is -0.481 e. The molecule has 0 aromatic carbocycles. The van der Waals surface area contributed by atoms with Crippen molar-refractivity contribution in [3.8, 4) is 0 Å². The fourth-order valence-electron chi connectivity index (χ4n) is 4.35. The second kappa shape index (κ2) is 4.82. The summed E-state index contributed by atoms with van der Waals surface area (Å²) in [5.41, 5.74) is -0.0339. The second-order valence-corrected chi connectivity index (χ2v) is 6.28. The summed E-state index contributed by atoms with van der Waals surface area (Å²) in [7, 11) is 0. The van der Waals surface area contributed by atoms with E-state index in [-0.39, 0.29) is 5.54 Å². The van der Waals surface area contributed by atoms with Gasteiger partial charge >= 0.3 is 5.97 Å².